The minimum absolute atomic E-state index is 1.12. The third-order valence-corrected chi connectivity index (χ3v) is 2.64. The van der Waals surface area contributed by atoms with Crippen LogP contribution in [0.15, 0.2) is 41.5 Å². The van der Waals surface area contributed by atoms with Crippen molar-refractivity contribution in [1.29, 1.82) is 0 Å². The molecular weight excluding hydrogens is 204 g/mol. The van der Waals surface area contributed by atoms with Gasteiger partial charge in [0.05, 0.1) is 9.88 Å². The quantitative estimate of drug-likeness (QED) is 0.673. The molecule has 0 bridgehead atoms. The van der Waals surface area contributed by atoms with Gasteiger partial charge in [-0.2, -0.15) is 0 Å². The molecular formula is C12H14N2S. The van der Waals surface area contributed by atoms with Gasteiger partial charge < -0.3 is 4.99 Å². The molecule has 1 aromatic heterocycles. The van der Waals surface area contributed by atoms with Crippen LogP contribution in [0.2, 0.25) is 0 Å². The molecule has 0 unspecified atom stereocenters. The topological polar surface area (TPSA) is 25.2 Å². The van der Waals surface area contributed by atoms with Crippen LogP contribution in [0.25, 0.3) is 10.4 Å². The Morgan fingerprint density at radius 3 is 2.33 bits per heavy atom. The van der Waals surface area contributed by atoms with E-state index < -0.39 is 0 Å². The summed E-state index contributed by atoms with van der Waals surface area (Å²) in [7, 11) is 1.64. The molecule has 0 atom stereocenters. The fourth-order valence-electron chi connectivity index (χ4n) is 1.10. The third-order valence-electron chi connectivity index (χ3n) is 1.68. The first kappa shape index (κ1) is 11.6. The van der Waals surface area contributed by atoms with Crippen molar-refractivity contribution >= 4 is 18.1 Å². The van der Waals surface area contributed by atoms with Crippen LogP contribution in [0.1, 0.15) is 5.01 Å². The van der Waals surface area contributed by atoms with E-state index in [0.29, 0.717) is 0 Å². The molecule has 2 aromatic rings. The summed E-state index contributed by atoms with van der Waals surface area (Å²) in [6, 6.07) is 10.3. The van der Waals surface area contributed by atoms with Crippen LogP contribution in [0.3, 0.4) is 0 Å². The lowest BCUT2D eigenvalue weighted by molar-refractivity contribution is 1.30. The highest BCUT2D eigenvalue weighted by Crippen LogP contribution is 2.24. The van der Waals surface area contributed by atoms with Crippen molar-refractivity contribution < 1.29 is 0 Å². The van der Waals surface area contributed by atoms with Gasteiger partial charge in [0.25, 0.3) is 0 Å². The van der Waals surface area contributed by atoms with E-state index >= 15 is 0 Å². The Morgan fingerprint density at radius 1 is 1.27 bits per heavy atom. The highest BCUT2D eigenvalue weighted by atomic mass is 32.1. The van der Waals surface area contributed by atoms with E-state index in [1.165, 1.54) is 10.4 Å². The van der Waals surface area contributed by atoms with Crippen molar-refractivity contribution in [1.82, 2.24) is 4.98 Å². The zero-order valence-electron chi connectivity index (χ0n) is 8.97. The van der Waals surface area contributed by atoms with Crippen LogP contribution in [0.4, 0.5) is 0 Å². The summed E-state index contributed by atoms with van der Waals surface area (Å²) in [6.07, 6.45) is 1.93. The van der Waals surface area contributed by atoms with E-state index in [9.17, 15) is 0 Å². The van der Waals surface area contributed by atoms with Crippen molar-refractivity contribution in [3.05, 3.63) is 41.5 Å². The fraction of sp³-hybridized carbons (Fsp3) is 0.167. The smallest absolute Gasteiger partial charge is 0.0900 e. The lowest BCUT2D eigenvalue weighted by atomic mass is 10.2. The first-order valence-electron chi connectivity index (χ1n) is 4.60. The van der Waals surface area contributed by atoms with Crippen LogP contribution in [0.5, 0.6) is 0 Å². The summed E-state index contributed by atoms with van der Waals surface area (Å²) >= 11 is 1.73. The number of benzene rings is 1. The number of aromatic nitrogens is 1. The van der Waals surface area contributed by atoms with Gasteiger partial charge in [-0.05, 0) is 19.2 Å². The minimum atomic E-state index is 1.12. The molecule has 2 nitrogen and oxygen atoms in total. The van der Waals surface area contributed by atoms with Gasteiger partial charge >= 0.3 is 0 Å². The molecule has 0 spiro atoms. The second kappa shape index (κ2) is 6.09. The monoisotopic (exact) mass is 218 g/mol. The maximum atomic E-state index is 4.21. The van der Waals surface area contributed by atoms with Gasteiger partial charge in [-0.3, -0.25) is 0 Å². The maximum absolute atomic E-state index is 4.21. The van der Waals surface area contributed by atoms with Crippen LogP contribution >= 0.6 is 11.3 Å². The predicted molar refractivity (Wildman–Crippen MR) is 67.8 cm³/mol. The third kappa shape index (κ3) is 3.64. The Labute approximate surface area is 94.3 Å². The first-order valence-corrected chi connectivity index (χ1v) is 5.42. The minimum Gasteiger partial charge on any atom is -0.304 e. The first-order chi connectivity index (χ1) is 7.27. The summed E-state index contributed by atoms with van der Waals surface area (Å²) in [5, 5.41) is 1.12. The van der Waals surface area contributed by atoms with Gasteiger partial charge in [-0.25, -0.2) is 4.98 Å². The van der Waals surface area contributed by atoms with Crippen LogP contribution in [-0.4, -0.2) is 18.7 Å². The number of aliphatic imine (C=N–C) groups is 1. The van der Waals surface area contributed by atoms with Gasteiger partial charge in [0.15, 0.2) is 0 Å². The van der Waals surface area contributed by atoms with E-state index in [4.69, 9.17) is 0 Å². The largest absolute Gasteiger partial charge is 0.304 e. The van der Waals surface area contributed by atoms with E-state index in [0.717, 1.165) is 5.01 Å². The Balaban J connectivity index is 0.000000337. The number of aryl methyl sites for hydroxylation is 1. The lowest BCUT2D eigenvalue weighted by Crippen LogP contribution is -1.67. The summed E-state index contributed by atoms with van der Waals surface area (Å²) in [6.45, 7) is 5.14. The summed E-state index contributed by atoms with van der Waals surface area (Å²) in [4.78, 5) is 8.71. The van der Waals surface area contributed by atoms with Gasteiger partial charge in [0, 0.05) is 13.2 Å². The highest BCUT2D eigenvalue weighted by Gasteiger charge is 1.98. The van der Waals surface area contributed by atoms with Crippen LogP contribution in [-0.2, 0) is 0 Å². The van der Waals surface area contributed by atoms with Crippen molar-refractivity contribution in [3.8, 4) is 10.4 Å². The average Bonchev–Trinajstić information content (AvgIpc) is 2.67. The van der Waals surface area contributed by atoms with Gasteiger partial charge in [0.2, 0.25) is 0 Å². The van der Waals surface area contributed by atoms with Crippen molar-refractivity contribution in [2.24, 2.45) is 4.99 Å². The molecule has 78 valence electrons. The molecule has 0 radical (unpaired) electrons. The fourth-order valence-corrected chi connectivity index (χ4v) is 1.88. The van der Waals surface area contributed by atoms with Gasteiger partial charge in [-0.1, -0.05) is 30.3 Å². The van der Waals surface area contributed by atoms with Crippen LogP contribution in [0, 0.1) is 6.92 Å². The molecule has 0 saturated heterocycles. The standard InChI is InChI=1S/C10H9NS.C2H5N/c1-8-11-7-10(12-8)9-5-3-2-4-6-9;1-3-2/h2-7H,1H3;1H2,2H3. The number of nitrogens with zero attached hydrogens (tertiary/aromatic N) is 2. The number of thiazole rings is 1. The Kier molecular flexibility index (Phi) is 4.71. The Bertz CT molecular complexity index is 407. The SMILES string of the molecule is C=NC.Cc1ncc(-c2ccccc2)s1. The molecule has 1 heterocycles. The highest BCUT2D eigenvalue weighted by molar-refractivity contribution is 7.15. The molecule has 0 aliphatic rings. The zero-order valence-corrected chi connectivity index (χ0v) is 9.79. The summed E-state index contributed by atoms with van der Waals surface area (Å²) < 4.78 is 0. The molecule has 2 rings (SSSR count). The molecule has 0 aliphatic carbocycles. The van der Waals surface area contributed by atoms with E-state index in [-0.39, 0.29) is 0 Å². The predicted octanol–water partition coefficient (Wildman–Crippen LogP) is 3.44. The van der Waals surface area contributed by atoms with E-state index in [2.05, 4.69) is 28.8 Å². The Hall–Kier alpha value is -1.48. The molecule has 15 heavy (non-hydrogen) atoms. The van der Waals surface area contributed by atoms with Crippen molar-refractivity contribution in [2.75, 3.05) is 7.05 Å². The Morgan fingerprint density at radius 2 is 1.87 bits per heavy atom. The van der Waals surface area contributed by atoms with E-state index in [1.807, 2.05) is 31.3 Å². The normalized spacial score (nSPS) is 8.93. The second-order valence-electron chi connectivity index (χ2n) is 2.93. The number of hydrogen-bond acceptors (Lipinski definition) is 3. The lowest BCUT2D eigenvalue weighted by Gasteiger charge is -1.92. The zero-order chi connectivity index (χ0) is 11.1. The molecule has 0 fully saturated rings. The van der Waals surface area contributed by atoms with Gasteiger partial charge in [-0.15, -0.1) is 11.3 Å². The molecule has 1 aromatic carbocycles. The van der Waals surface area contributed by atoms with E-state index in [1.54, 1.807) is 18.4 Å². The number of rotatable bonds is 1. The molecule has 0 saturated carbocycles. The molecule has 0 N–H and O–H groups in total. The molecule has 0 aliphatic heterocycles. The van der Waals surface area contributed by atoms with Crippen molar-refractivity contribution in [2.45, 2.75) is 6.92 Å². The summed E-state index contributed by atoms with van der Waals surface area (Å²) in [5.74, 6) is 0. The molecule has 3 heteroatoms. The maximum Gasteiger partial charge on any atom is 0.0900 e. The number of hydrogen-bond donors (Lipinski definition) is 0. The molecule has 0 amide bonds. The summed E-state index contributed by atoms with van der Waals surface area (Å²) in [5.41, 5.74) is 1.25. The van der Waals surface area contributed by atoms with Crippen LogP contribution < -0.4 is 0 Å². The average molecular weight is 218 g/mol. The second-order valence-corrected chi connectivity index (χ2v) is 4.16. The van der Waals surface area contributed by atoms with Crippen molar-refractivity contribution in [3.63, 3.8) is 0 Å². The van der Waals surface area contributed by atoms with Gasteiger partial charge in [0.1, 0.15) is 0 Å².